The van der Waals surface area contributed by atoms with E-state index in [9.17, 15) is 15.0 Å². The maximum Gasteiger partial charge on any atom is 0.224 e. The molecule has 1 unspecified atom stereocenters. The van der Waals surface area contributed by atoms with Gasteiger partial charge in [-0.25, -0.2) is 0 Å². The van der Waals surface area contributed by atoms with Crippen LogP contribution in [0.1, 0.15) is 17.2 Å². The number of amides is 1. The number of rotatable bonds is 5. The molecule has 22 heavy (non-hydrogen) atoms. The topological polar surface area (TPSA) is 69.6 Å². The summed E-state index contributed by atoms with van der Waals surface area (Å²) in [6.45, 7) is 0.113. The molecular formula is C16H15Cl2NO3. The van der Waals surface area contributed by atoms with Crippen molar-refractivity contribution < 1.29 is 15.0 Å². The Morgan fingerprint density at radius 3 is 2.32 bits per heavy atom. The van der Waals surface area contributed by atoms with Crippen LogP contribution in [0.3, 0.4) is 0 Å². The molecule has 0 aliphatic heterocycles. The lowest BCUT2D eigenvalue weighted by Gasteiger charge is -2.12. The Morgan fingerprint density at radius 1 is 1.14 bits per heavy atom. The van der Waals surface area contributed by atoms with Crippen molar-refractivity contribution >= 4 is 29.1 Å². The Morgan fingerprint density at radius 2 is 1.73 bits per heavy atom. The van der Waals surface area contributed by atoms with Crippen LogP contribution in [0.15, 0.2) is 42.5 Å². The normalized spacial score (nSPS) is 12.0. The Labute approximate surface area is 138 Å². The summed E-state index contributed by atoms with van der Waals surface area (Å²) in [5.41, 5.74) is 1.32. The van der Waals surface area contributed by atoms with Gasteiger partial charge in [0.2, 0.25) is 5.91 Å². The van der Waals surface area contributed by atoms with Crippen LogP contribution in [0.2, 0.25) is 10.0 Å². The molecule has 2 rings (SSSR count). The Hall–Kier alpha value is -1.75. The van der Waals surface area contributed by atoms with E-state index >= 15 is 0 Å². The van der Waals surface area contributed by atoms with Crippen molar-refractivity contribution in [2.24, 2.45) is 0 Å². The minimum Gasteiger partial charge on any atom is -0.505 e. The SMILES string of the molecule is O=C(Cc1cc(Cl)c(O)c(Cl)c1)NCC(O)c1ccccc1. The van der Waals surface area contributed by atoms with Gasteiger partial charge in [-0.05, 0) is 23.3 Å². The van der Waals surface area contributed by atoms with E-state index in [1.165, 1.54) is 12.1 Å². The largest absolute Gasteiger partial charge is 0.505 e. The van der Waals surface area contributed by atoms with Crippen molar-refractivity contribution in [1.82, 2.24) is 5.32 Å². The third-order valence-electron chi connectivity index (χ3n) is 3.12. The highest BCUT2D eigenvalue weighted by atomic mass is 35.5. The number of carbonyl (C=O) groups excluding carboxylic acids is 1. The van der Waals surface area contributed by atoms with Crippen molar-refractivity contribution in [2.45, 2.75) is 12.5 Å². The molecule has 0 heterocycles. The zero-order chi connectivity index (χ0) is 16.1. The van der Waals surface area contributed by atoms with Gasteiger partial charge in [0.15, 0.2) is 5.75 Å². The summed E-state index contributed by atoms with van der Waals surface area (Å²) in [6, 6.07) is 12.0. The Kier molecular flexibility index (Phi) is 5.66. The van der Waals surface area contributed by atoms with Crippen molar-refractivity contribution in [2.75, 3.05) is 6.54 Å². The van der Waals surface area contributed by atoms with Gasteiger partial charge in [0.25, 0.3) is 0 Å². The number of phenolic OH excluding ortho intramolecular Hbond substituents is 1. The van der Waals surface area contributed by atoms with E-state index in [1.54, 1.807) is 12.1 Å². The van der Waals surface area contributed by atoms with Crippen LogP contribution >= 0.6 is 23.2 Å². The first-order valence-electron chi connectivity index (χ1n) is 6.64. The number of hydrogen-bond donors (Lipinski definition) is 3. The molecule has 0 spiro atoms. The smallest absolute Gasteiger partial charge is 0.224 e. The highest BCUT2D eigenvalue weighted by molar-refractivity contribution is 6.37. The van der Waals surface area contributed by atoms with E-state index < -0.39 is 6.10 Å². The number of benzene rings is 2. The monoisotopic (exact) mass is 339 g/mol. The maximum absolute atomic E-state index is 11.9. The number of phenols is 1. The quantitative estimate of drug-likeness (QED) is 0.783. The molecular weight excluding hydrogens is 325 g/mol. The van der Waals surface area contributed by atoms with Gasteiger partial charge in [-0.15, -0.1) is 0 Å². The van der Waals surface area contributed by atoms with Crippen LogP contribution in [-0.2, 0) is 11.2 Å². The summed E-state index contributed by atoms with van der Waals surface area (Å²) >= 11 is 11.6. The molecule has 0 aromatic heterocycles. The Balaban J connectivity index is 1.91. The number of aliphatic hydroxyl groups is 1. The first-order chi connectivity index (χ1) is 10.5. The van der Waals surface area contributed by atoms with Gasteiger partial charge in [-0.1, -0.05) is 53.5 Å². The van der Waals surface area contributed by atoms with Gasteiger partial charge < -0.3 is 15.5 Å². The lowest BCUT2D eigenvalue weighted by Crippen LogP contribution is -2.29. The van der Waals surface area contributed by atoms with Crippen molar-refractivity contribution in [3.05, 3.63) is 63.6 Å². The molecule has 1 atom stereocenters. The van der Waals surface area contributed by atoms with Crippen LogP contribution in [0.5, 0.6) is 5.75 Å². The predicted octanol–water partition coefficient (Wildman–Crippen LogP) is 3.09. The number of aliphatic hydroxyl groups excluding tert-OH is 1. The first kappa shape index (κ1) is 16.6. The van der Waals surface area contributed by atoms with Crippen LogP contribution in [0, 0.1) is 0 Å². The number of nitrogens with one attached hydrogen (secondary N) is 1. The lowest BCUT2D eigenvalue weighted by atomic mass is 10.1. The third-order valence-corrected chi connectivity index (χ3v) is 3.69. The average Bonchev–Trinajstić information content (AvgIpc) is 2.51. The van der Waals surface area contributed by atoms with E-state index in [1.807, 2.05) is 18.2 Å². The fraction of sp³-hybridized carbons (Fsp3) is 0.188. The Bertz CT molecular complexity index is 639. The fourth-order valence-electron chi connectivity index (χ4n) is 1.97. The standard InChI is InChI=1S/C16H15Cl2NO3/c17-12-6-10(7-13(18)16(12)22)8-15(21)19-9-14(20)11-4-2-1-3-5-11/h1-7,14,20,22H,8-9H2,(H,19,21). The molecule has 6 heteroatoms. The molecule has 4 nitrogen and oxygen atoms in total. The molecule has 0 saturated carbocycles. The molecule has 2 aromatic carbocycles. The number of aromatic hydroxyl groups is 1. The van der Waals surface area contributed by atoms with Gasteiger partial charge in [-0.2, -0.15) is 0 Å². The molecule has 0 aliphatic rings. The van der Waals surface area contributed by atoms with E-state index in [0.717, 1.165) is 5.56 Å². The minimum absolute atomic E-state index is 0.0568. The highest BCUT2D eigenvalue weighted by Gasteiger charge is 2.12. The fourth-order valence-corrected chi connectivity index (χ4v) is 2.50. The van der Waals surface area contributed by atoms with Gasteiger partial charge in [0, 0.05) is 6.54 Å². The van der Waals surface area contributed by atoms with E-state index in [-0.39, 0.29) is 34.7 Å². The summed E-state index contributed by atoms with van der Waals surface area (Å²) < 4.78 is 0. The minimum atomic E-state index is -0.767. The molecule has 3 N–H and O–H groups in total. The second kappa shape index (κ2) is 7.49. The second-order valence-electron chi connectivity index (χ2n) is 4.82. The third kappa shape index (κ3) is 4.37. The molecule has 2 aromatic rings. The van der Waals surface area contributed by atoms with E-state index in [2.05, 4.69) is 5.32 Å². The molecule has 0 bridgehead atoms. The average molecular weight is 340 g/mol. The first-order valence-corrected chi connectivity index (χ1v) is 7.39. The van der Waals surface area contributed by atoms with Crippen molar-refractivity contribution in [1.29, 1.82) is 0 Å². The molecule has 116 valence electrons. The van der Waals surface area contributed by atoms with Gasteiger partial charge in [0.1, 0.15) is 0 Å². The van der Waals surface area contributed by atoms with Crippen molar-refractivity contribution in [3.8, 4) is 5.75 Å². The van der Waals surface area contributed by atoms with Crippen LogP contribution < -0.4 is 5.32 Å². The van der Waals surface area contributed by atoms with E-state index in [0.29, 0.717) is 5.56 Å². The molecule has 0 radical (unpaired) electrons. The molecule has 1 amide bonds. The summed E-state index contributed by atoms with van der Waals surface area (Å²) in [5.74, 6) is -0.472. The van der Waals surface area contributed by atoms with E-state index in [4.69, 9.17) is 23.2 Å². The summed E-state index contributed by atoms with van der Waals surface area (Å²) in [5, 5.41) is 22.3. The van der Waals surface area contributed by atoms with Crippen molar-refractivity contribution in [3.63, 3.8) is 0 Å². The van der Waals surface area contributed by atoms with Gasteiger partial charge >= 0.3 is 0 Å². The molecule has 0 saturated heterocycles. The highest BCUT2D eigenvalue weighted by Crippen LogP contribution is 2.32. The zero-order valence-corrected chi connectivity index (χ0v) is 13.1. The number of halogens is 2. The summed E-state index contributed by atoms with van der Waals surface area (Å²) in [6.07, 6.45) is -0.710. The summed E-state index contributed by atoms with van der Waals surface area (Å²) in [7, 11) is 0. The molecule has 0 fully saturated rings. The van der Waals surface area contributed by atoms with Crippen LogP contribution in [0.25, 0.3) is 0 Å². The number of carbonyl (C=O) groups is 1. The second-order valence-corrected chi connectivity index (χ2v) is 5.63. The summed E-state index contributed by atoms with van der Waals surface area (Å²) in [4.78, 5) is 11.9. The predicted molar refractivity (Wildman–Crippen MR) is 86.2 cm³/mol. The lowest BCUT2D eigenvalue weighted by molar-refractivity contribution is -0.120. The molecule has 0 aliphatic carbocycles. The van der Waals surface area contributed by atoms with Crippen LogP contribution in [-0.4, -0.2) is 22.7 Å². The van der Waals surface area contributed by atoms with Crippen LogP contribution in [0.4, 0.5) is 0 Å². The number of hydrogen-bond acceptors (Lipinski definition) is 3. The van der Waals surface area contributed by atoms with Gasteiger partial charge in [0.05, 0.1) is 22.6 Å². The van der Waals surface area contributed by atoms with Gasteiger partial charge in [-0.3, -0.25) is 4.79 Å². The zero-order valence-electron chi connectivity index (χ0n) is 11.6. The maximum atomic E-state index is 11.9.